The van der Waals surface area contributed by atoms with Crippen molar-refractivity contribution in [2.24, 2.45) is 0 Å². The lowest BCUT2D eigenvalue weighted by Gasteiger charge is -2.20. The number of esters is 1. The summed E-state index contributed by atoms with van der Waals surface area (Å²) in [6.07, 6.45) is 1.27. The van der Waals surface area contributed by atoms with Gasteiger partial charge in [0, 0.05) is 18.5 Å². The second-order valence-corrected chi connectivity index (χ2v) is 7.53. The molecule has 0 spiro atoms. The highest BCUT2D eigenvalue weighted by Gasteiger charge is 2.26. The lowest BCUT2D eigenvalue weighted by atomic mass is 10.1. The largest absolute Gasteiger partial charge is 0.487 e. The molecule has 1 aromatic heterocycles. The molecule has 0 N–H and O–H groups in total. The number of ether oxygens (including phenoxy) is 2. The van der Waals surface area contributed by atoms with Crippen molar-refractivity contribution >= 4 is 29.2 Å². The number of anilines is 1. The summed E-state index contributed by atoms with van der Waals surface area (Å²) in [5.74, 6) is -0.0227. The number of pyridine rings is 1. The fourth-order valence-electron chi connectivity index (χ4n) is 3.50. The van der Waals surface area contributed by atoms with Gasteiger partial charge in [-0.15, -0.1) is 0 Å². The minimum atomic E-state index is -0.546. The third-order valence-electron chi connectivity index (χ3n) is 5.07. The summed E-state index contributed by atoms with van der Waals surface area (Å²) >= 11 is 6.36. The van der Waals surface area contributed by atoms with Crippen LogP contribution in [0.3, 0.4) is 0 Å². The van der Waals surface area contributed by atoms with Crippen molar-refractivity contribution in [3.8, 4) is 17.0 Å². The van der Waals surface area contributed by atoms with Crippen molar-refractivity contribution in [1.29, 1.82) is 0 Å². The maximum absolute atomic E-state index is 12.4. The predicted octanol–water partition coefficient (Wildman–Crippen LogP) is 4.89. The Morgan fingerprint density at radius 2 is 1.94 bits per heavy atom. The minimum Gasteiger partial charge on any atom is -0.487 e. The van der Waals surface area contributed by atoms with Crippen LogP contribution in [0.2, 0.25) is 5.02 Å². The third-order valence-corrected chi connectivity index (χ3v) is 5.39. The molecule has 2 aromatic carbocycles. The van der Waals surface area contributed by atoms with Crippen LogP contribution in [-0.4, -0.2) is 30.5 Å². The van der Waals surface area contributed by atoms with Gasteiger partial charge in [-0.3, -0.25) is 4.79 Å². The summed E-state index contributed by atoms with van der Waals surface area (Å²) in [7, 11) is 1.30. The van der Waals surface area contributed by atoms with Gasteiger partial charge in [0.2, 0.25) is 5.91 Å². The van der Waals surface area contributed by atoms with E-state index in [1.165, 1.54) is 7.11 Å². The van der Waals surface area contributed by atoms with Crippen LogP contribution >= 0.6 is 11.6 Å². The van der Waals surface area contributed by atoms with E-state index in [1.807, 2.05) is 30.3 Å². The number of aromatic nitrogens is 1. The molecular weight excluding hydrogens is 416 g/mol. The van der Waals surface area contributed by atoms with Crippen LogP contribution in [0.15, 0.2) is 60.7 Å². The molecule has 0 aliphatic carbocycles. The molecule has 1 aliphatic heterocycles. The number of amides is 1. The van der Waals surface area contributed by atoms with Crippen molar-refractivity contribution in [2.45, 2.75) is 19.4 Å². The molecule has 158 valence electrons. The average molecular weight is 437 g/mol. The fraction of sp³-hybridized carbons (Fsp3) is 0.208. The van der Waals surface area contributed by atoms with Gasteiger partial charge in [-0.25, -0.2) is 9.78 Å². The molecule has 6 nitrogen and oxygen atoms in total. The zero-order chi connectivity index (χ0) is 21.8. The van der Waals surface area contributed by atoms with Gasteiger partial charge in [0.05, 0.1) is 23.5 Å². The molecule has 0 unspecified atom stereocenters. The van der Waals surface area contributed by atoms with E-state index in [9.17, 15) is 9.59 Å². The highest BCUT2D eigenvalue weighted by atomic mass is 35.5. The quantitative estimate of drug-likeness (QED) is 0.514. The van der Waals surface area contributed by atoms with Gasteiger partial charge in [-0.05, 0) is 36.2 Å². The van der Waals surface area contributed by atoms with Crippen molar-refractivity contribution in [3.05, 3.63) is 76.9 Å². The van der Waals surface area contributed by atoms with Crippen LogP contribution in [0.4, 0.5) is 5.69 Å². The molecular formula is C24H21ClN2O4. The second kappa shape index (κ2) is 9.18. The van der Waals surface area contributed by atoms with Gasteiger partial charge in [-0.2, -0.15) is 0 Å². The first-order valence-corrected chi connectivity index (χ1v) is 10.3. The Bertz CT molecular complexity index is 1120. The summed E-state index contributed by atoms with van der Waals surface area (Å²) in [4.78, 5) is 30.6. The van der Waals surface area contributed by atoms with E-state index in [-0.39, 0.29) is 11.6 Å². The summed E-state index contributed by atoms with van der Waals surface area (Å²) in [6.45, 7) is 0.965. The van der Waals surface area contributed by atoms with Crippen molar-refractivity contribution < 1.29 is 19.1 Å². The Hall–Kier alpha value is -3.38. The Labute approximate surface area is 185 Å². The van der Waals surface area contributed by atoms with Gasteiger partial charge in [0.25, 0.3) is 0 Å². The van der Waals surface area contributed by atoms with Gasteiger partial charge < -0.3 is 14.4 Å². The number of carbonyl (C=O) groups excluding carboxylic acids is 2. The van der Waals surface area contributed by atoms with E-state index in [0.717, 1.165) is 12.0 Å². The number of rotatable bonds is 6. The summed E-state index contributed by atoms with van der Waals surface area (Å²) < 4.78 is 10.8. The van der Waals surface area contributed by atoms with Crippen LogP contribution in [0.1, 0.15) is 28.9 Å². The molecule has 4 rings (SSSR count). The lowest BCUT2D eigenvalue weighted by molar-refractivity contribution is -0.117. The molecule has 0 atom stereocenters. The molecule has 1 saturated heterocycles. The fourth-order valence-corrected chi connectivity index (χ4v) is 3.67. The zero-order valence-corrected chi connectivity index (χ0v) is 17.8. The van der Waals surface area contributed by atoms with Crippen LogP contribution in [0.25, 0.3) is 11.3 Å². The molecule has 7 heteroatoms. The molecule has 0 saturated carbocycles. The number of carbonyl (C=O) groups is 2. The van der Waals surface area contributed by atoms with Gasteiger partial charge >= 0.3 is 5.97 Å². The predicted molar refractivity (Wildman–Crippen MR) is 118 cm³/mol. The number of hydrogen-bond acceptors (Lipinski definition) is 5. The standard InChI is InChI=1S/C24H21ClN2O4/c1-30-24(29)19-11-12-20(27-13-5-8-22(27)28)23(26-19)17-9-10-18(25)21(14-17)31-15-16-6-3-2-4-7-16/h2-4,6-7,9-12,14H,5,8,13,15H2,1H3. The molecule has 0 bridgehead atoms. The number of halogens is 1. The van der Waals surface area contributed by atoms with Crippen molar-refractivity contribution in [1.82, 2.24) is 4.98 Å². The molecule has 1 fully saturated rings. The third kappa shape index (κ3) is 4.54. The first-order chi connectivity index (χ1) is 15.1. The number of hydrogen-bond donors (Lipinski definition) is 0. The average Bonchev–Trinajstić information content (AvgIpc) is 3.24. The first-order valence-electron chi connectivity index (χ1n) is 9.93. The first kappa shape index (κ1) is 20.9. The summed E-state index contributed by atoms with van der Waals surface area (Å²) in [5.41, 5.74) is 3.01. The zero-order valence-electron chi connectivity index (χ0n) is 17.0. The van der Waals surface area contributed by atoms with Gasteiger partial charge in [-0.1, -0.05) is 48.0 Å². The van der Waals surface area contributed by atoms with Crippen molar-refractivity contribution in [2.75, 3.05) is 18.6 Å². The van der Waals surface area contributed by atoms with E-state index in [2.05, 4.69) is 4.98 Å². The second-order valence-electron chi connectivity index (χ2n) is 7.12. The maximum Gasteiger partial charge on any atom is 0.356 e. The molecule has 31 heavy (non-hydrogen) atoms. The highest BCUT2D eigenvalue weighted by Crippen LogP contribution is 2.36. The minimum absolute atomic E-state index is 0.0309. The van der Waals surface area contributed by atoms with Gasteiger partial charge in [0.1, 0.15) is 18.1 Å². The maximum atomic E-state index is 12.4. The van der Waals surface area contributed by atoms with E-state index < -0.39 is 5.97 Å². The number of methoxy groups -OCH3 is 1. The summed E-state index contributed by atoms with van der Waals surface area (Å²) in [6, 6.07) is 18.4. The van der Waals surface area contributed by atoms with E-state index in [4.69, 9.17) is 21.1 Å². The Morgan fingerprint density at radius 3 is 2.65 bits per heavy atom. The van der Waals surface area contributed by atoms with E-state index in [1.54, 1.807) is 35.2 Å². The molecule has 1 aliphatic rings. The van der Waals surface area contributed by atoms with Crippen molar-refractivity contribution in [3.63, 3.8) is 0 Å². The van der Waals surface area contributed by atoms with Gasteiger partial charge in [0.15, 0.2) is 0 Å². The number of nitrogens with zero attached hydrogens (tertiary/aromatic N) is 2. The van der Waals surface area contributed by atoms with Crippen LogP contribution in [-0.2, 0) is 16.1 Å². The molecule has 0 radical (unpaired) electrons. The molecule has 3 aromatic rings. The Kier molecular flexibility index (Phi) is 6.18. The summed E-state index contributed by atoms with van der Waals surface area (Å²) in [5, 5.41) is 0.461. The lowest BCUT2D eigenvalue weighted by Crippen LogP contribution is -2.25. The Morgan fingerprint density at radius 1 is 1.13 bits per heavy atom. The van der Waals surface area contributed by atoms with Crippen LogP contribution in [0, 0.1) is 0 Å². The highest BCUT2D eigenvalue weighted by molar-refractivity contribution is 6.32. The van der Waals surface area contributed by atoms with Crippen LogP contribution < -0.4 is 9.64 Å². The molecule has 1 amide bonds. The SMILES string of the molecule is COC(=O)c1ccc(N2CCCC2=O)c(-c2ccc(Cl)c(OCc3ccccc3)c2)n1. The topological polar surface area (TPSA) is 68.7 Å². The Balaban J connectivity index is 1.73. The monoisotopic (exact) mass is 436 g/mol. The van der Waals surface area contributed by atoms with E-state index in [0.29, 0.717) is 47.3 Å². The van der Waals surface area contributed by atoms with E-state index >= 15 is 0 Å². The molecule has 2 heterocycles. The number of benzene rings is 2. The van der Waals surface area contributed by atoms with Crippen LogP contribution in [0.5, 0.6) is 5.75 Å². The normalized spacial score (nSPS) is 13.4. The smallest absolute Gasteiger partial charge is 0.356 e.